The molecule has 5 heteroatoms. The van der Waals surface area contributed by atoms with Crippen LogP contribution in [0.25, 0.3) is 11.1 Å². The second-order valence-corrected chi connectivity index (χ2v) is 8.88. The van der Waals surface area contributed by atoms with Crippen molar-refractivity contribution in [1.82, 2.24) is 9.47 Å². The van der Waals surface area contributed by atoms with Crippen molar-refractivity contribution >= 4 is 11.3 Å². The van der Waals surface area contributed by atoms with E-state index in [1.54, 1.807) is 12.1 Å². The van der Waals surface area contributed by atoms with Crippen LogP contribution < -0.4 is 5.56 Å². The largest absolute Gasteiger partial charge is 0.311 e. The molecule has 1 fully saturated rings. The third kappa shape index (κ3) is 3.09. The Bertz CT molecular complexity index is 1110. The minimum Gasteiger partial charge on any atom is -0.311 e. The van der Waals surface area contributed by atoms with Gasteiger partial charge in [0, 0.05) is 48.2 Å². The molecule has 0 spiro atoms. The summed E-state index contributed by atoms with van der Waals surface area (Å²) in [7, 11) is 0. The normalized spacial score (nSPS) is 21.1. The lowest BCUT2D eigenvalue weighted by Crippen LogP contribution is -2.46. The minimum atomic E-state index is 0.0778. The molecule has 0 N–H and O–H groups in total. The molecule has 0 radical (unpaired) electrons. The Morgan fingerprint density at radius 2 is 2.04 bits per heavy atom. The van der Waals surface area contributed by atoms with Gasteiger partial charge in [-0.05, 0) is 53.6 Å². The lowest BCUT2D eigenvalue weighted by Gasteiger charge is -2.42. The third-order valence-corrected chi connectivity index (χ3v) is 6.80. The van der Waals surface area contributed by atoms with E-state index in [2.05, 4.69) is 34.5 Å². The Labute approximate surface area is 168 Å². The van der Waals surface area contributed by atoms with E-state index in [4.69, 9.17) is 5.26 Å². The summed E-state index contributed by atoms with van der Waals surface area (Å²) < 4.78 is 2.00. The van der Waals surface area contributed by atoms with Crippen molar-refractivity contribution in [1.29, 1.82) is 5.26 Å². The first-order chi connectivity index (χ1) is 13.7. The minimum absolute atomic E-state index is 0.0778. The van der Waals surface area contributed by atoms with Crippen molar-refractivity contribution in [3.05, 3.63) is 80.4 Å². The SMILES string of the molecule is N#Cc1cccc(-c2ccc3n(c2=O)C[C@@H]2C[C@@H]3CN(Cc3cccs3)C2)c1. The van der Waals surface area contributed by atoms with Crippen molar-refractivity contribution in [3.8, 4) is 17.2 Å². The predicted octanol–water partition coefficient (Wildman–Crippen LogP) is 4.07. The first-order valence-corrected chi connectivity index (χ1v) is 10.6. The molecular formula is C23H21N3OS. The van der Waals surface area contributed by atoms with Gasteiger partial charge in [-0.3, -0.25) is 9.69 Å². The van der Waals surface area contributed by atoms with Gasteiger partial charge < -0.3 is 4.57 Å². The lowest BCUT2D eigenvalue weighted by atomic mass is 9.82. The Kier molecular flexibility index (Phi) is 4.38. The van der Waals surface area contributed by atoms with Gasteiger partial charge in [0.05, 0.1) is 11.6 Å². The van der Waals surface area contributed by atoms with E-state index >= 15 is 0 Å². The standard InChI is InChI=1S/C23H21N3OS/c24-11-16-3-1-4-18(9-16)21-6-7-22-19-10-17(13-26(22)23(21)27)12-25(14-19)15-20-5-2-8-28-20/h1-9,17,19H,10,12-15H2/t17-,19-/m1/s1. The topological polar surface area (TPSA) is 49.0 Å². The zero-order valence-corrected chi connectivity index (χ0v) is 16.4. The van der Waals surface area contributed by atoms with E-state index in [0.29, 0.717) is 23.0 Å². The van der Waals surface area contributed by atoms with Crippen molar-refractivity contribution in [2.45, 2.75) is 25.4 Å². The highest BCUT2D eigenvalue weighted by molar-refractivity contribution is 7.09. The van der Waals surface area contributed by atoms with Crippen LogP contribution in [0.15, 0.2) is 58.7 Å². The number of likely N-dealkylation sites (tertiary alicyclic amines) is 1. The molecule has 28 heavy (non-hydrogen) atoms. The number of nitrogens with zero attached hydrogens (tertiary/aromatic N) is 3. The molecule has 2 aliphatic heterocycles. The summed E-state index contributed by atoms with van der Waals surface area (Å²) in [6.07, 6.45) is 1.17. The van der Waals surface area contributed by atoms with Crippen LogP contribution >= 0.6 is 11.3 Å². The molecule has 0 amide bonds. The van der Waals surface area contributed by atoms with Crippen LogP contribution in [-0.2, 0) is 13.1 Å². The van der Waals surface area contributed by atoms with E-state index in [0.717, 1.165) is 37.4 Å². The van der Waals surface area contributed by atoms with Gasteiger partial charge in [-0.25, -0.2) is 0 Å². The average molecular weight is 388 g/mol. The summed E-state index contributed by atoms with van der Waals surface area (Å²) in [5.74, 6) is 0.935. The van der Waals surface area contributed by atoms with Gasteiger partial charge in [0.2, 0.25) is 0 Å². The average Bonchev–Trinajstić information content (AvgIpc) is 3.22. The van der Waals surface area contributed by atoms with Crippen molar-refractivity contribution in [2.75, 3.05) is 13.1 Å². The zero-order chi connectivity index (χ0) is 19.1. The maximum absolute atomic E-state index is 13.3. The second-order valence-electron chi connectivity index (χ2n) is 7.85. The Morgan fingerprint density at radius 1 is 1.11 bits per heavy atom. The summed E-state index contributed by atoms with van der Waals surface area (Å²) in [5, 5.41) is 11.3. The summed E-state index contributed by atoms with van der Waals surface area (Å²) in [5.41, 5.74) is 3.35. The third-order valence-electron chi connectivity index (χ3n) is 5.94. The highest BCUT2D eigenvalue weighted by atomic mass is 32.1. The van der Waals surface area contributed by atoms with Crippen LogP contribution in [0.2, 0.25) is 0 Å². The molecule has 2 bridgehead atoms. The van der Waals surface area contributed by atoms with Gasteiger partial charge in [0.1, 0.15) is 0 Å². The van der Waals surface area contributed by atoms with Gasteiger partial charge in [-0.1, -0.05) is 18.2 Å². The molecule has 1 aromatic carbocycles. The van der Waals surface area contributed by atoms with Gasteiger partial charge in [-0.2, -0.15) is 5.26 Å². The van der Waals surface area contributed by atoms with Crippen LogP contribution in [0.4, 0.5) is 0 Å². The van der Waals surface area contributed by atoms with E-state index in [9.17, 15) is 4.79 Å². The summed E-state index contributed by atoms with van der Waals surface area (Å²) in [6, 6.07) is 17.9. The number of nitriles is 1. The molecule has 140 valence electrons. The van der Waals surface area contributed by atoms with Gasteiger partial charge >= 0.3 is 0 Å². The van der Waals surface area contributed by atoms with Crippen LogP contribution in [0, 0.1) is 17.2 Å². The predicted molar refractivity (Wildman–Crippen MR) is 111 cm³/mol. The van der Waals surface area contributed by atoms with Crippen LogP contribution in [0.3, 0.4) is 0 Å². The Balaban J connectivity index is 1.47. The van der Waals surface area contributed by atoms with Crippen LogP contribution in [0.1, 0.15) is 28.5 Å². The molecular weight excluding hydrogens is 366 g/mol. The monoisotopic (exact) mass is 387 g/mol. The Morgan fingerprint density at radius 3 is 2.86 bits per heavy atom. The molecule has 2 aliphatic rings. The van der Waals surface area contributed by atoms with E-state index in [-0.39, 0.29) is 5.56 Å². The van der Waals surface area contributed by atoms with Gasteiger partial charge in [-0.15, -0.1) is 11.3 Å². The molecule has 0 unspecified atom stereocenters. The molecule has 4 nitrogen and oxygen atoms in total. The number of pyridine rings is 1. The van der Waals surface area contributed by atoms with Crippen LogP contribution in [-0.4, -0.2) is 22.6 Å². The number of rotatable bonds is 3. The summed E-state index contributed by atoms with van der Waals surface area (Å²) in [6.45, 7) is 3.86. The number of piperidine rings is 1. The van der Waals surface area contributed by atoms with Crippen molar-refractivity contribution in [3.63, 3.8) is 0 Å². The lowest BCUT2D eigenvalue weighted by molar-refractivity contribution is 0.115. The highest BCUT2D eigenvalue weighted by Gasteiger charge is 2.35. The number of hydrogen-bond acceptors (Lipinski definition) is 4. The molecule has 2 atom stereocenters. The molecule has 4 heterocycles. The zero-order valence-electron chi connectivity index (χ0n) is 15.5. The highest BCUT2D eigenvalue weighted by Crippen LogP contribution is 2.36. The fraction of sp³-hybridized carbons (Fsp3) is 0.304. The van der Waals surface area contributed by atoms with E-state index < -0.39 is 0 Å². The Hall–Kier alpha value is -2.68. The maximum atomic E-state index is 13.3. The second kappa shape index (κ2) is 7.05. The number of fused-ring (bicyclic) bond motifs is 4. The van der Waals surface area contributed by atoms with Gasteiger partial charge in [0.25, 0.3) is 5.56 Å². The maximum Gasteiger partial charge on any atom is 0.258 e. The molecule has 2 aromatic heterocycles. The van der Waals surface area contributed by atoms with Crippen LogP contribution in [0.5, 0.6) is 0 Å². The number of hydrogen-bond donors (Lipinski definition) is 0. The molecule has 1 saturated heterocycles. The van der Waals surface area contributed by atoms with Crippen molar-refractivity contribution < 1.29 is 0 Å². The quantitative estimate of drug-likeness (QED) is 0.681. The number of benzene rings is 1. The molecule has 0 aliphatic carbocycles. The van der Waals surface area contributed by atoms with E-state index in [1.807, 2.05) is 34.1 Å². The molecule has 5 rings (SSSR count). The first kappa shape index (κ1) is 17.4. The van der Waals surface area contributed by atoms with E-state index in [1.165, 1.54) is 11.3 Å². The van der Waals surface area contributed by atoms with Gasteiger partial charge in [0.15, 0.2) is 0 Å². The number of thiophene rings is 1. The van der Waals surface area contributed by atoms with Crippen molar-refractivity contribution in [2.24, 2.45) is 5.92 Å². The molecule has 0 saturated carbocycles. The smallest absolute Gasteiger partial charge is 0.258 e. The fourth-order valence-corrected chi connectivity index (χ4v) is 5.52. The summed E-state index contributed by atoms with van der Waals surface area (Å²) >= 11 is 1.82. The summed E-state index contributed by atoms with van der Waals surface area (Å²) in [4.78, 5) is 17.2. The fourth-order valence-electron chi connectivity index (χ4n) is 4.77. The molecule has 3 aromatic rings. The first-order valence-electron chi connectivity index (χ1n) is 9.70. The number of aromatic nitrogens is 1.